The lowest BCUT2D eigenvalue weighted by Crippen LogP contribution is -2.48. The first kappa shape index (κ1) is 24.0. The van der Waals surface area contributed by atoms with Crippen LogP contribution in [-0.4, -0.2) is 37.8 Å². The van der Waals surface area contributed by atoms with Gasteiger partial charge in [0, 0.05) is 23.8 Å². The molecule has 2 N–H and O–H groups in total. The van der Waals surface area contributed by atoms with Gasteiger partial charge in [-0.1, -0.05) is 49.4 Å². The molecule has 0 bridgehead atoms. The zero-order valence-electron chi connectivity index (χ0n) is 18.2. The summed E-state index contributed by atoms with van der Waals surface area (Å²) in [7, 11) is -4.23. The SMILES string of the molecule is C[C@]1(c2ccccc2)C[C@@]1(NS(=O)(=O)c1ccc(N2C=C(C(F)(F)F)C=CCC2)cc1)C(=O)O. The van der Waals surface area contributed by atoms with Crippen molar-refractivity contribution in [3.8, 4) is 0 Å². The van der Waals surface area contributed by atoms with Gasteiger partial charge in [0.2, 0.25) is 10.0 Å². The van der Waals surface area contributed by atoms with E-state index in [-0.39, 0.29) is 17.9 Å². The number of anilines is 1. The zero-order chi connectivity index (χ0) is 24.8. The Morgan fingerprint density at radius 1 is 1.09 bits per heavy atom. The van der Waals surface area contributed by atoms with Crippen molar-refractivity contribution in [2.75, 3.05) is 11.4 Å². The van der Waals surface area contributed by atoms with Crippen LogP contribution in [0.1, 0.15) is 25.3 Å². The van der Waals surface area contributed by atoms with Gasteiger partial charge < -0.3 is 10.0 Å². The van der Waals surface area contributed by atoms with Gasteiger partial charge in [0.1, 0.15) is 5.54 Å². The number of halogens is 3. The molecule has 0 radical (unpaired) electrons. The molecule has 1 fully saturated rings. The van der Waals surface area contributed by atoms with Crippen LogP contribution in [0.4, 0.5) is 18.9 Å². The van der Waals surface area contributed by atoms with E-state index in [0.717, 1.165) is 12.3 Å². The number of carboxylic acids is 1. The molecule has 6 nitrogen and oxygen atoms in total. The molecule has 0 amide bonds. The number of carbonyl (C=O) groups is 1. The number of nitrogens with zero attached hydrogens (tertiary/aromatic N) is 1. The fourth-order valence-corrected chi connectivity index (χ4v) is 5.78. The minimum Gasteiger partial charge on any atom is -0.480 e. The number of allylic oxidation sites excluding steroid dienone is 2. The van der Waals surface area contributed by atoms with Gasteiger partial charge in [-0.3, -0.25) is 4.79 Å². The van der Waals surface area contributed by atoms with Crippen molar-refractivity contribution in [1.82, 2.24) is 4.72 Å². The van der Waals surface area contributed by atoms with Crippen LogP contribution in [0.25, 0.3) is 0 Å². The van der Waals surface area contributed by atoms with E-state index in [1.54, 1.807) is 37.3 Å². The Kier molecular flexibility index (Phi) is 5.85. The Morgan fingerprint density at radius 3 is 2.32 bits per heavy atom. The summed E-state index contributed by atoms with van der Waals surface area (Å²) >= 11 is 0. The summed E-state index contributed by atoms with van der Waals surface area (Å²) in [5, 5.41) is 9.90. The second kappa shape index (κ2) is 8.28. The number of rotatable bonds is 6. The topological polar surface area (TPSA) is 86.7 Å². The van der Waals surface area contributed by atoms with Gasteiger partial charge in [0.05, 0.1) is 10.5 Å². The highest BCUT2D eigenvalue weighted by atomic mass is 32.2. The van der Waals surface area contributed by atoms with Crippen LogP contribution in [0.5, 0.6) is 0 Å². The third-order valence-corrected chi connectivity index (χ3v) is 7.97. The maximum absolute atomic E-state index is 13.2. The fraction of sp³-hybridized carbons (Fsp3) is 0.292. The van der Waals surface area contributed by atoms with E-state index in [4.69, 9.17) is 0 Å². The van der Waals surface area contributed by atoms with E-state index in [0.29, 0.717) is 17.7 Å². The summed E-state index contributed by atoms with van der Waals surface area (Å²) in [6, 6.07) is 14.1. The van der Waals surface area contributed by atoms with Crippen LogP contribution in [0.3, 0.4) is 0 Å². The van der Waals surface area contributed by atoms with E-state index >= 15 is 0 Å². The summed E-state index contributed by atoms with van der Waals surface area (Å²) in [6.45, 7) is 1.98. The number of nitrogens with one attached hydrogen (secondary N) is 1. The Labute approximate surface area is 195 Å². The van der Waals surface area contributed by atoms with E-state index in [1.165, 1.54) is 35.2 Å². The standard InChI is InChI=1S/C24H23F3N2O4S/c1-22(17-7-3-2-4-8-17)16-23(22,21(30)31)28-34(32,33)20-12-10-19(11-13-20)29-14-6-5-9-18(15-29)24(25,26)27/h2-5,7-13,15,28H,6,14,16H2,1H3,(H,30,31)/t22-,23-/m1/s1. The lowest BCUT2D eigenvalue weighted by atomic mass is 9.93. The Hall–Kier alpha value is -3.11. The van der Waals surface area contributed by atoms with Crippen LogP contribution >= 0.6 is 0 Å². The number of carboxylic acid groups (broad SMARTS) is 1. The second-order valence-electron chi connectivity index (χ2n) is 8.65. The van der Waals surface area contributed by atoms with E-state index in [9.17, 15) is 31.5 Å². The maximum Gasteiger partial charge on any atom is 0.417 e. The van der Waals surface area contributed by atoms with Gasteiger partial charge in [0.15, 0.2) is 0 Å². The average Bonchev–Trinajstić information content (AvgIpc) is 3.47. The average molecular weight is 493 g/mol. The van der Waals surface area contributed by atoms with E-state index in [1.807, 2.05) is 0 Å². The summed E-state index contributed by atoms with van der Waals surface area (Å²) in [5.41, 5.74) is -2.34. The number of benzene rings is 2. The quantitative estimate of drug-likeness (QED) is 0.626. The molecule has 0 spiro atoms. The van der Waals surface area contributed by atoms with Crippen molar-refractivity contribution in [3.63, 3.8) is 0 Å². The molecule has 10 heteroatoms. The van der Waals surface area contributed by atoms with Crippen molar-refractivity contribution in [2.45, 2.75) is 41.8 Å². The molecule has 34 heavy (non-hydrogen) atoms. The molecule has 2 aromatic carbocycles. The van der Waals surface area contributed by atoms with Crippen molar-refractivity contribution >= 4 is 21.7 Å². The molecule has 1 aliphatic heterocycles. The van der Waals surface area contributed by atoms with Crippen molar-refractivity contribution in [1.29, 1.82) is 0 Å². The van der Waals surface area contributed by atoms with Crippen LogP contribution < -0.4 is 9.62 Å². The zero-order valence-corrected chi connectivity index (χ0v) is 19.0. The van der Waals surface area contributed by atoms with Crippen LogP contribution in [0.15, 0.2) is 83.4 Å². The number of aliphatic carboxylic acids is 1. The lowest BCUT2D eigenvalue weighted by Gasteiger charge is -2.22. The summed E-state index contributed by atoms with van der Waals surface area (Å²) < 4.78 is 68.0. The van der Waals surface area contributed by atoms with Crippen LogP contribution in [-0.2, 0) is 20.2 Å². The minimum atomic E-state index is -4.51. The summed E-state index contributed by atoms with van der Waals surface area (Å²) in [6.07, 6.45) is -0.590. The molecule has 1 saturated carbocycles. The first-order valence-corrected chi connectivity index (χ1v) is 12.0. The summed E-state index contributed by atoms with van der Waals surface area (Å²) in [5.74, 6) is -1.28. The predicted molar refractivity (Wildman–Crippen MR) is 121 cm³/mol. The molecule has 0 saturated heterocycles. The second-order valence-corrected chi connectivity index (χ2v) is 10.3. The highest BCUT2D eigenvalue weighted by Gasteiger charge is 2.72. The molecule has 1 heterocycles. The third kappa shape index (κ3) is 4.23. The molecule has 180 valence electrons. The summed E-state index contributed by atoms with van der Waals surface area (Å²) in [4.78, 5) is 13.4. The molecule has 2 atom stereocenters. The van der Waals surface area contributed by atoms with Gasteiger partial charge in [-0.2, -0.15) is 17.9 Å². The highest BCUT2D eigenvalue weighted by molar-refractivity contribution is 7.89. The molecular formula is C24H23F3N2O4S. The molecular weight excluding hydrogens is 469 g/mol. The Balaban J connectivity index is 1.59. The monoisotopic (exact) mass is 492 g/mol. The van der Waals surface area contributed by atoms with Gasteiger partial charge in [-0.15, -0.1) is 0 Å². The fourth-order valence-electron chi connectivity index (χ4n) is 4.32. The predicted octanol–water partition coefficient (Wildman–Crippen LogP) is 4.36. The molecule has 4 rings (SSSR count). The number of hydrogen-bond acceptors (Lipinski definition) is 4. The van der Waals surface area contributed by atoms with Crippen molar-refractivity contribution in [3.05, 3.63) is 84.1 Å². The van der Waals surface area contributed by atoms with Gasteiger partial charge >= 0.3 is 12.1 Å². The van der Waals surface area contributed by atoms with Crippen molar-refractivity contribution < 1.29 is 31.5 Å². The van der Waals surface area contributed by atoms with Gasteiger partial charge in [0.25, 0.3) is 0 Å². The number of sulfonamides is 1. The normalized spacial score (nSPS) is 24.9. The van der Waals surface area contributed by atoms with Crippen LogP contribution in [0, 0.1) is 0 Å². The molecule has 2 aliphatic rings. The Morgan fingerprint density at radius 2 is 1.74 bits per heavy atom. The molecule has 1 aliphatic carbocycles. The van der Waals surface area contributed by atoms with Gasteiger partial charge in [-0.25, -0.2) is 8.42 Å². The number of hydrogen-bond donors (Lipinski definition) is 2. The minimum absolute atomic E-state index is 0.0858. The lowest BCUT2D eigenvalue weighted by molar-refractivity contribution is -0.140. The smallest absolute Gasteiger partial charge is 0.417 e. The van der Waals surface area contributed by atoms with Crippen molar-refractivity contribution in [2.24, 2.45) is 0 Å². The largest absolute Gasteiger partial charge is 0.480 e. The number of alkyl halides is 3. The molecule has 2 aromatic rings. The maximum atomic E-state index is 13.2. The molecule has 0 aromatic heterocycles. The first-order chi connectivity index (χ1) is 15.9. The first-order valence-electron chi connectivity index (χ1n) is 10.5. The molecule has 0 unspecified atom stereocenters. The Bertz CT molecular complexity index is 1260. The third-order valence-electron chi connectivity index (χ3n) is 6.46. The van der Waals surface area contributed by atoms with Gasteiger partial charge in [-0.05, 0) is 42.7 Å². The van der Waals surface area contributed by atoms with E-state index < -0.39 is 38.7 Å². The van der Waals surface area contributed by atoms with E-state index in [2.05, 4.69) is 4.72 Å². The highest BCUT2D eigenvalue weighted by Crippen LogP contribution is 2.58. The van der Waals surface area contributed by atoms with Crippen LogP contribution in [0.2, 0.25) is 0 Å².